The fraction of sp³-hybridized carbons (Fsp3) is 0.300. The number of amides is 1. The summed E-state index contributed by atoms with van der Waals surface area (Å²) in [4.78, 5) is 12.4. The summed E-state index contributed by atoms with van der Waals surface area (Å²) >= 11 is 5.24. The summed E-state index contributed by atoms with van der Waals surface area (Å²) < 4.78 is 10.8. The molecule has 2 rings (SSSR count). The summed E-state index contributed by atoms with van der Waals surface area (Å²) in [5.41, 5.74) is 3.57. The van der Waals surface area contributed by atoms with Gasteiger partial charge < -0.3 is 14.8 Å². The Hall–Kier alpha value is -2.44. The molecule has 0 aliphatic heterocycles. The zero-order valence-electron chi connectivity index (χ0n) is 15.3. The zero-order valence-corrected chi connectivity index (χ0v) is 16.1. The quantitative estimate of drug-likeness (QED) is 0.571. The van der Waals surface area contributed by atoms with Crippen LogP contribution in [0.2, 0.25) is 0 Å². The highest BCUT2D eigenvalue weighted by molar-refractivity contribution is 7.80. The van der Waals surface area contributed by atoms with E-state index < -0.39 is 0 Å². The van der Waals surface area contributed by atoms with E-state index >= 15 is 0 Å². The lowest BCUT2D eigenvalue weighted by molar-refractivity contribution is 0.0976. The maximum absolute atomic E-state index is 12.4. The summed E-state index contributed by atoms with van der Waals surface area (Å²) in [7, 11) is 0. The number of carbonyl (C=O) groups is 1. The van der Waals surface area contributed by atoms with Crippen molar-refractivity contribution in [3.8, 4) is 5.75 Å². The Morgan fingerprint density at radius 2 is 1.81 bits per heavy atom. The van der Waals surface area contributed by atoms with Crippen LogP contribution in [0.1, 0.15) is 28.4 Å². The van der Waals surface area contributed by atoms with Gasteiger partial charge in [0.15, 0.2) is 5.11 Å². The average Bonchev–Trinajstić information content (AvgIpc) is 2.58. The van der Waals surface area contributed by atoms with Crippen molar-refractivity contribution in [1.82, 2.24) is 5.32 Å². The predicted octanol–water partition coefficient (Wildman–Crippen LogP) is 3.85. The number of rotatable bonds is 7. The number of carbonyl (C=O) groups excluding carboxylic acids is 1. The fourth-order valence-corrected chi connectivity index (χ4v) is 2.68. The second-order valence-electron chi connectivity index (χ2n) is 5.86. The average molecular weight is 372 g/mol. The van der Waals surface area contributed by atoms with Gasteiger partial charge in [0.05, 0.1) is 6.61 Å². The van der Waals surface area contributed by atoms with E-state index in [0.717, 1.165) is 16.8 Å². The van der Waals surface area contributed by atoms with Crippen molar-refractivity contribution in [1.29, 1.82) is 0 Å². The first kappa shape index (κ1) is 19.9. The normalized spacial score (nSPS) is 10.3. The van der Waals surface area contributed by atoms with Gasteiger partial charge in [0, 0.05) is 17.9 Å². The van der Waals surface area contributed by atoms with Crippen molar-refractivity contribution >= 4 is 28.9 Å². The molecule has 0 atom stereocenters. The highest BCUT2D eigenvalue weighted by Gasteiger charge is 2.09. The topological polar surface area (TPSA) is 59.6 Å². The smallest absolute Gasteiger partial charge is 0.257 e. The van der Waals surface area contributed by atoms with E-state index in [1.54, 1.807) is 24.3 Å². The van der Waals surface area contributed by atoms with Crippen molar-refractivity contribution < 1.29 is 14.3 Å². The minimum atomic E-state index is -0.290. The summed E-state index contributed by atoms with van der Waals surface area (Å²) in [6, 6.07) is 13.0. The van der Waals surface area contributed by atoms with Crippen molar-refractivity contribution in [2.45, 2.75) is 20.8 Å². The van der Waals surface area contributed by atoms with Crippen LogP contribution in [0.5, 0.6) is 5.75 Å². The Morgan fingerprint density at radius 3 is 2.50 bits per heavy atom. The third kappa shape index (κ3) is 6.46. The van der Waals surface area contributed by atoms with Gasteiger partial charge in [-0.05, 0) is 74.4 Å². The summed E-state index contributed by atoms with van der Waals surface area (Å²) in [6.45, 7) is 7.55. The molecule has 0 radical (unpaired) electrons. The lowest BCUT2D eigenvalue weighted by Gasteiger charge is -2.12. The molecule has 1 amide bonds. The van der Waals surface area contributed by atoms with Gasteiger partial charge in [0.2, 0.25) is 0 Å². The molecule has 0 aliphatic rings. The number of anilines is 1. The van der Waals surface area contributed by atoms with E-state index in [0.29, 0.717) is 31.1 Å². The lowest BCUT2D eigenvalue weighted by atomic mass is 10.1. The molecule has 0 saturated carbocycles. The van der Waals surface area contributed by atoms with Gasteiger partial charge in [-0.2, -0.15) is 0 Å². The molecule has 0 bridgehead atoms. The first-order valence-corrected chi connectivity index (χ1v) is 8.90. The van der Waals surface area contributed by atoms with Crippen molar-refractivity contribution in [2.75, 3.05) is 25.1 Å². The van der Waals surface area contributed by atoms with Crippen molar-refractivity contribution in [3.63, 3.8) is 0 Å². The number of benzene rings is 2. The molecule has 6 heteroatoms. The van der Waals surface area contributed by atoms with Gasteiger partial charge in [-0.1, -0.05) is 12.1 Å². The molecule has 0 heterocycles. The minimum absolute atomic E-state index is 0.252. The van der Waals surface area contributed by atoms with Crippen LogP contribution in [0.25, 0.3) is 0 Å². The number of hydrogen-bond acceptors (Lipinski definition) is 4. The van der Waals surface area contributed by atoms with Crippen LogP contribution < -0.4 is 15.4 Å². The monoisotopic (exact) mass is 372 g/mol. The lowest BCUT2D eigenvalue weighted by Crippen LogP contribution is -2.34. The van der Waals surface area contributed by atoms with Gasteiger partial charge in [-0.3, -0.25) is 10.1 Å². The van der Waals surface area contributed by atoms with Gasteiger partial charge in [-0.25, -0.2) is 0 Å². The molecule has 138 valence electrons. The third-order valence-corrected chi connectivity index (χ3v) is 3.71. The molecule has 0 fully saturated rings. The van der Waals surface area contributed by atoms with Crippen LogP contribution in [0.4, 0.5) is 5.69 Å². The SMILES string of the molecule is CCOCCOc1cccc(C(=O)NC(=S)Nc2cc(C)cc(C)c2)c1. The molecule has 2 N–H and O–H groups in total. The Kier molecular flexibility index (Phi) is 7.56. The highest BCUT2D eigenvalue weighted by Crippen LogP contribution is 2.15. The zero-order chi connectivity index (χ0) is 18.9. The molecule has 2 aromatic rings. The Bertz CT molecular complexity index is 757. The van der Waals surface area contributed by atoms with Crippen LogP contribution in [0.15, 0.2) is 42.5 Å². The first-order chi connectivity index (χ1) is 12.5. The van der Waals surface area contributed by atoms with Gasteiger partial charge >= 0.3 is 0 Å². The molecule has 0 unspecified atom stereocenters. The number of thiocarbonyl (C=S) groups is 1. The molecular weight excluding hydrogens is 348 g/mol. The van der Waals surface area contributed by atoms with Crippen LogP contribution in [-0.2, 0) is 4.74 Å². The molecule has 26 heavy (non-hydrogen) atoms. The number of aryl methyl sites for hydroxylation is 2. The standard InChI is InChI=1S/C20H24N2O3S/c1-4-24-8-9-25-18-7-5-6-16(13-18)19(23)22-20(26)21-17-11-14(2)10-15(3)12-17/h5-7,10-13H,4,8-9H2,1-3H3,(H2,21,22,23,26). The predicted molar refractivity (Wildman–Crippen MR) is 108 cm³/mol. The molecule has 0 aliphatic carbocycles. The number of nitrogens with one attached hydrogen (secondary N) is 2. The summed E-state index contributed by atoms with van der Waals surface area (Å²) in [6.07, 6.45) is 0. The third-order valence-electron chi connectivity index (χ3n) is 3.50. The Morgan fingerprint density at radius 1 is 1.08 bits per heavy atom. The Balaban J connectivity index is 1.93. The molecule has 0 saturated heterocycles. The van der Waals surface area contributed by atoms with E-state index in [-0.39, 0.29) is 11.0 Å². The van der Waals surface area contributed by atoms with Crippen LogP contribution in [0.3, 0.4) is 0 Å². The van der Waals surface area contributed by atoms with Crippen molar-refractivity contribution in [2.24, 2.45) is 0 Å². The van der Waals surface area contributed by atoms with E-state index in [1.807, 2.05) is 32.9 Å². The molecule has 0 aromatic heterocycles. The Labute approximate surface area is 159 Å². The van der Waals surface area contributed by atoms with E-state index in [9.17, 15) is 4.79 Å². The first-order valence-electron chi connectivity index (χ1n) is 8.49. The fourth-order valence-electron chi connectivity index (χ4n) is 2.47. The number of ether oxygens (including phenoxy) is 2. The van der Waals surface area contributed by atoms with Gasteiger partial charge in [-0.15, -0.1) is 0 Å². The van der Waals surface area contributed by atoms with E-state index in [4.69, 9.17) is 21.7 Å². The minimum Gasteiger partial charge on any atom is -0.491 e. The molecule has 5 nitrogen and oxygen atoms in total. The van der Waals surface area contributed by atoms with Gasteiger partial charge in [0.1, 0.15) is 12.4 Å². The van der Waals surface area contributed by atoms with Crippen LogP contribution in [-0.4, -0.2) is 30.8 Å². The highest BCUT2D eigenvalue weighted by atomic mass is 32.1. The molecule has 2 aromatic carbocycles. The maximum Gasteiger partial charge on any atom is 0.257 e. The van der Waals surface area contributed by atoms with Crippen LogP contribution in [0, 0.1) is 13.8 Å². The number of hydrogen-bond donors (Lipinski definition) is 2. The summed E-state index contributed by atoms with van der Waals surface area (Å²) in [5.74, 6) is 0.327. The van der Waals surface area contributed by atoms with Crippen LogP contribution >= 0.6 is 12.2 Å². The van der Waals surface area contributed by atoms with Crippen molar-refractivity contribution in [3.05, 3.63) is 59.2 Å². The maximum atomic E-state index is 12.4. The summed E-state index contributed by atoms with van der Waals surface area (Å²) in [5, 5.41) is 5.98. The van der Waals surface area contributed by atoms with Gasteiger partial charge in [0.25, 0.3) is 5.91 Å². The van der Waals surface area contributed by atoms with E-state index in [1.165, 1.54) is 0 Å². The molecule has 0 spiro atoms. The second-order valence-corrected chi connectivity index (χ2v) is 6.27. The largest absolute Gasteiger partial charge is 0.491 e. The van der Waals surface area contributed by atoms with E-state index in [2.05, 4.69) is 16.7 Å². The second kappa shape index (κ2) is 9.89. The molecular formula is C20H24N2O3S.